The minimum Gasteiger partial charge on any atom is -0.432 e. The molecule has 4 atom stereocenters. The lowest BCUT2D eigenvalue weighted by Gasteiger charge is -2.15. The molecule has 1 saturated heterocycles. The zero-order valence-corrected chi connectivity index (χ0v) is 9.61. The Morgan fingerprint density at radius 2 is 2.22 bits per heavy atom. The Morgan fingerprint density at radius 3 is 2.78 bits per heavy atom. The van der Waals surface area contributed by atoms with E-state index in [1.165, 1.54) is 6.20 Å². The third-order valence-electron chi connectivity index (χ3n) is 2.68. The predicted molar refractivity (Wildman–Crippen MR) is 58.0 cm³/mol. The molecule has 2 heterocycles. The summed E-state index contributed by atoms with van der Waals surface area (Å²) in [7, 11) is 0. The van der Waals surface area contributed by atoms with E-state index in [4.69, 9.17) is 14.6 Å². The first kappa shape index (κ1) is 13.0. The molecule has 0 radical (unpaired) electrons. The Labute approximate surface area is 102 Å². The number of aliphatic hydroxyl groups excluding tert-OH is 3. The number of ether oxygens (including phenoxy) is 2. The lowest BCUT2D eigenvalue weighted by Crippen LogP contribution is -2.36. The van der Waals surface area contributed by atoms with E-state index in [1.54, 1.807) is 6.92 Å². The van der Waals surface area contributed by atoms with Crippen molar-refractivity contribution in [2.75, 3.05) is 6.61 Å². The van der Waals surface area contributed by atoms with Gasteiger partial charge in [0.2, 0.25) is 6.29 Å². The van der Waals surface area contributed by atoms with Crippen molar-refractivity contribution in [3.05, 3.63) is 22.1 Å². The number of hydrogen-bond acceptors (Lipinski definition) is 7. The summed E-state index contributed by atoms with van der Waals surface area (Å²) < 4.78 is 10.2. The van der Waals surface area contributed by atoms with Gasteiger partial charge in [-0.1, -0.05) is 0 Å². The van der Waals surface area contributed by atoms with Crippen molar-refractivity contribution in [1.29, 1.82) is 0 Å². The SMILES string of the molecule is Cc1cnc(OC2OC(CO)C(O)C2O)[nH]c1=O. The van der Waals surface area contributed by atoms with Gasteiger partial charge in [-0.15, -0.1) is 0 Å². The summed E-state index contributed by atoms with van der Waals surface area (Å²) in [6, 6.07) is -0.125. The molecule has 1 aliphatic heterocycles. The molecule has 1 aliphatic rings. The third kappa shape index (κ3) is 2.36. The van der Waals surface area contributed by atoms with Crippen LogP contribution in [0.1, 0.15) is 5.56 Å². The second kappa shape index (κ2) is 5.02. The average molecular weight is 258 g/mol. The number of aliphatic hydroxyl groups is 3. The second-order valence-electron chi connectivity index (χ2n) is 4.03. The summed E-state index contributed by atoms with van der Waals surface area (Å²) in [5.41, 5.74) is 0.0512. The molecule has 4 unspecified atom stereocenters. The van der Waals surface area contributed by atoms with E-state index in [-0.39, 0.29) is 11.6 Å². The summed E-state index contributed by atoms with van der Waals surface area (Å²) in [6.45, 7) is 1.14. The molecule has 0 amide bonds. The molecular formula is C10H14N2O6. The van der Waals surface area contributed by atoms with Gasteiger partial charge < -0.3 is 24.8 Å². The van der Waals surface area contributed by atoms with Crippen LogP contribution >= 0.6 is 0 Å². The Morgan fingerprint density at radius 1 is 1.50 bits per heavy atom. The normalized spacial score (nSPS) is 31.6. The van der Waals surface area contributed by atoms with Crippen molar-refractivity contribution in [3.8, 4) is 6.01 Å². The molecule has 8 heteroatoms. The van der Waals surface area contributed by atoms with E-state index in [9.17, 15) is 15.0 Å². The number of aromatic nitrogens is 2. The molecule has 1 aromatic rings. The fourth-order valence-corrected chi connectivity index (χ4v) is 1.57. The molecular weight excluding hydrogens is 244 g/mol. The Balaban J connectivity index is 2.10. The lowest BCUT2D eigenvalue weighted by atomic mass is 10.1. The molecule has 1 aromatic heterocycles. The van der Waals surface area contributed by atoms with Crippen LogP contribution in [0.25, 0.3) is 0 Å². The predicted octanol–water partition coefficient (Wildman–Crippen LogP) is -2.10. The van der Waals surface area contributed by atoms with Crippen LogP contribution in [0.3, 0.4) is 0 Å². The summed E-state index contributed by atoms with van der Waals surface area (Å²) in [4.78, 5) is 17.5. The number of aromatic amines is 1. The monoisotopic (exact) mass is 258 g/mol. The summed E-state index contributed by atoms with van der Waals surface area (Å²) in [6.07, 6.45) is -3.38. The number of nitrogens with one attached hydrogen (secondary N) is 1. The van der Waals surface area contributed by atoms with E-state index in [0.717, 1.165) is 0 Å². The Bertz CT molecular complexity index is 476. The highest BCUT2D eigenvalue weighted by Crippen LogP contribution is 2.22. The van der Waals surface area contributed by atoms with Crippen molar-refractivity contribution < 1.29 is 24.8 Å². The van der Waals surface area contributed by atoms with E-state index >= 15 is 0 Å². The smallest absolute Gasteiger partial charge is 0.298 e. The quantitative estimate of drug-likeness (QED) is 0.489. The lowest BCUT2D eigenvalue weighted by molar-refractivity contribution is -0.120. The number of nitrogens with zero attached hydrogens (tertiary/aromatic N) is 1. The largest absolute Gasteiger partial charge is 0.432 e. The highest BCUT2D eigenvalue weighted by atomic mass is 16.7. The van der Waals surface area contributed by atoms with Crippen molar-refractivity contribution in [2.24, 2.45) is 0 Å². The maximum atomic E-state index is 11.3. The van der Waals surface area contributed by atoms with E-state index in [2.05, 4.69) is 9.97 Å². The summed E-state index contributed by atoms with van der Waals surface area (Å²) in [5, 5.41) is 28.0. The number of aryl methyl sites for hydroxylation is 1. The molecule has 0 spiro atoms. The topological polar surface area (TPSA) is 125 Å². The Kier molecular flexibility index (Phi) is 3.62. The maximum absolute atomic E-state index is 11.3. The van der Waals surface area contributed by atoms with Gasteiger partial charge in [0.05, 0.1) is 6.61 Å². The van der Waals surface area contributed by atoms with E-state index < -0.39 is 31.2 Å². The van der Waals surface area contributed by atoms with E-state index in [0.29, 0.717) is 5.56 Å². The molecule has 0 aliphatic carbocycles. The molecule has 8 nitrogen and oxygen atoms in total. The number of hydrogen-bond donors (Lipinski definition) is 4. The van der Waals surface area contributed by atoms with Crippen LogP contribution < -0.4 is 10.3 Å². The fourth-order valence-electron chi connectivity index (χ4n) is 1.57. The summed E-state index contributed by atoms with van der Waals surface area (Å²) in [5.74, 6) is 0. The minimum absolute atomic E-state index is 0.125. The molecule has 0 saturated carbocycles. The van der Waals surface area contributed by atoms with Gasteiger partial charge in [-0.25, -0.2) is 4.98 Å². The third-order valence-corrected chi connectivity index (χ3v) is 2.68. The molecule has 4 N–H and O–H groups in total. The van der Waals surface area contributed by atoms with Crippen LogP contribution in [0, 0.1) is 6.92 Å². The second-order valence-corrected chi connectivity index (χ2v) is 4.03. The first-order valence-electron chi connectivity index (χ1n) is 5.38. The number of rotatable bonds is 3. The van der Waals surface area contributed by atoms with Crippen LogP contribution in [0.4, 0.5) is 0 Å². The van der Waals surface area contributed by atoms with Crippen LogP contribution in [0.5, 0.6) is 6.01 Å². The van der Waals surface area contributed by atoms with Gasteiger partial charge in [0.1, 0.15) is 18.3 Å². The van der Waals surface area contributed by atoms with Gasteiger partial charge in [-0.2, -0.15) is 0 Å². The first-order chi connectivity index (χ1) is 8.52. The first-order valence-corrected chi connectivity index (χ1v) is 5.38. The van der Waals surface area contributed by atoms with Crippen LogP contribution in [0.2, 0.25) is 0 Å². The van der Waals surface area contributed by atoms with Crippen LogP contribution in [0.15, 0.2) is 11.0 Å². The van der Waals surface area contributed by atoms with Crippen molar-refractivity contribution in [2.45, 2.75) is 31.5 Å². The van der Waals surface area contributed by atoms with Crippen molar-refractivity contribution in [1.82, 2.24) is 9.97 Å². The molecule has 1 fully saturated rings. The summed E-state index contributed by atoms with van der Waals surface area (Å²) >= 11 is 0. The zero-order valence-electron chi connectivity index (χ0n) is 9.61. The average Bonchev–Trinajstić information content (AvgIpc) is 2.62. The molecule has 2 rings (SSSR count). The highest BCUT2D eigenvalue weighted by Gasteiger charge is 2.44. The van der Waals surface area contributed by atoms with Crippen molar-refractivity contribution >= 4 is 0 Å². The maximum Gasteiger partial charge on any atom is 0.298 e. The Hall–Kier alpha value is -1.48. The molecule has 0 bridgehead atoms. The molecule has 0 aromatic carbocycles. The minimum atomic E-state index is -1.33. The highest BCUT2D eigenvalue weighted by molar-refractivity contribution is 5.06. The molecule has 100 valence electrons. The van der Waals surface area contributed by atoms with Gasteiger partial charge in [-0.05, 0) is 6.92 Å². The van der Waals surface area contributed by atoms with Gasteiger partial charge in [0, 0.05) is 11.8 Å². The van der Waals surface area contributed by atoms with Crippen LogP contribution in [-0.2, 0) is 4.74 Å². The zero-order chi connectivity index (χ0) is 13.3. The van der Waals surface area contributed by atoms with Gasteiger partial charge in [0.25, 0.3) is 11.6 Å². The fraction of sp³-hybridized carbons (Fsp3) is 0.600. The van der Waals surface area contributed by atoms with Crippen molar-refractivity contribution in [3.63, 3.8) is 0 Å². The van der Waals surface area contributed by atoms with E-state index in [1.807, 2.05) is 0 Å². The van der Waals surface area contributed by atoms with Gasteiger partial charge in [0.15, 0.2) is 0 Å². The van der Waals surface area contributed by atoms with Gasteiger partial charge >= 0.3 is 0 Å². The van der Waals surface area contributed by atoms with Gasteiger partial charge in [-0.3, -0.25) is 9.78 Å². The van der Waals surface area contributed by atoms with Crippen LogP contribution in [-0.4, -0.2) is 56.5 Å². The standard InChI is InChI=1S/C10H14N2O6/c1-4-2-11-10(12-8(4)16)18-9-7(15)6(14)5(3-13)17-9/h2,5-7,9,13-15H,3H2,1H3,(H,11,12,16). The number of H-pyrrole nitrogens is 1. The molecule has 18 heavy (non-hydrogen) atoms.